The summed E-state index contributed by atoms with van der Waals surface area (Å²) in [6.07, 6.45) is 0. The topological polar surface area (TPSA) is 42.4 Å². The minimum Gasteiger partial charge on any atom is -0.456 e. The average Bonchev–Trinajstić information content (AvgIpc) is 3.88. The molecular weight excluding hydrogens is 601 g/mol. The molecule has 8 aromatic carbocycles. The van der Waals surface area contributed by atoms with Crippen LogP contribution in [0.15, 0.2) is 178 Å². The maximum absolute atomic E-state index is 9.88. The number of rotatable bonds is 5. The smallest absolute Gasteiger partial charge is 0.227 e. The molecule has 10 rings (SSSR count). The average molecular weight is 641 g/mol. The Balaban J connectivity index is 1.24. The quantitative estimate of drug-likeness (QED) is 0.176. The molecule has 0 saturated carbocycles. The van der Waals surface area contributed by atoms with E-state index in [1.54, 1.807) is 29.2 Å². The van der Waals surface area contributed by atoms with E-state index in [1.165, 1.54) is 0 Å². The zero-order valence-corrected chi connectivity index (χ0v) is 25.4. The molecule has 2 aromatic heterocycles. The number of oxazole rings is 1. The molecular formula is C45H28N2O2. The van der Waals surface area contributed by atoms with Gasteiger partial charge in [0, 0.05) is 38.8 Å². The zero-order chi connectivity index (χ0) is 42.8. The van der Waals surface area contributed by atoms with Crippen LogP contribution in [0.2, 0.25) is 0 Å². The lowest BCUT2D eigenvalue weighted by molar-refractivity contribution is 0.623. The predicted molar refractivity (Wildman–Crippen MR) is 202 cm³/mol. The summed E-state index contributed by atoms with van der Waals surface area (Å²) >= 11 is 0. The maximum atomic E-state index is 9.88. The van der Waals surface area contributed by atoms with E-state index in [2.05, 4.69) is 11.1 Å². The number of benzene rings is 8. The van der Waals surface area contributed by atoms with E-state index in [4.69, 9.17) is 21.2 Å². The molecule has 0 bridgehead atoms. The highest BCUT2D eigenvalue weighted by atomic mass is 16.3. The van der Waals surface area contributed by atoms with Gasteiger partial charge in [0.15, 0.2) is 5.58 Å². The van der Waals surface area contributed by atoms with Crippen LogP contribution in [-0.4, -0.2) is 4.98 Å². The summed E-state index contributed by atoms with van der Waals surface area (Å²) in [4.78, 5) is 6.01. The molecule has 4 heteroatoms. The largest absolute Gasteiger partial charge is 0.456 e. The van der Waals surface area contributed by atoms with Crippen LogP contribution >= 0.6 is 0 Å². The highest BCUT2D eigenvalue weighted by Gasteiger charge is 2.17. The van der Waals surface area contributed by atoms with Gasteiger partial charge in [-0.25, -0.2) is 4.98 Å². The highest BCUT2D eigenvalue weighted by Crippen LogP contribution is 2.41. The first-order valence-corrected chi connectivity index (χ1v) is 15.5. The second-order valence-electron chi connectivity index (χ2n) is 11.4. The Labute approximate surface area is 298 Å². The second-order valence-corrected chi connectivity index (χ2v) is 11.4. The first-order chi connectivity index (χ1) is 29.3. The van der Waals surface area contributed by atoms with Crippen LogP contribution in [0.3, 0.4) is 0 Å². The molecule has 0 aliphatic carbocycles. The van der Waals surface area contributed by atoms with E-state index in [0.717, 1.165) is 33.1 Å². The number of nitrogens with zero attached hydrogens (tertiary/aromatic N) is 2. The molecule has 0 saturated heterocycles. The fourth-order valence-corrected chi connectivity index (χ4v) is 6.28. The van der Waals surface area contributed by atoms with Crippen molar-refractivity contribution in [1.29, 1.82) is 0 Å². The van der Waals surface area contributed by atoms with Crippen molar-refractivity contribution in [3.8, 4) is 22.6 Å². The van der Waals surface area contributed by atoms with E-state index in [0.29, 0.717) is 11.4 Å². The Kier molecular flexibility index (Phi) is 4.04. The van der Waals surface area contributed by atoms with Crippen LogP contribution in [0.25, 0.3) is 77.2 Å². The molecule has 0 aliphatic heterocycles. The molecule has 0 unspecified atom stereocenters. The fourth-order valence-electron chi connectivity index (χ4n) is 6.28. The molecule has 0 fully saturated rings. The standard InChI is InChI=1S/C45H28N2O2/c1-3-9-32(10-4-1)45-46-40-25-20-31-16-15-30-19-24-36(28-38(30)43(31)44(40)49-45)47(34-11-5-2-6-12-34)35-22-17-29(18-23-35)33-21-26-42-39(27-33)37-13-7-8-14-41(37)48-42/h1-28H/i1D,3D,4D,9D,10D,15D,16D,19D,20D,24D,25D,28D. The number of fused-ring (bicyclic) bond motifs is 8. The van der Waals surface area contributed by atoms with Gasteiger partial charge in [-0.2, -0.15) is 0 Å². The van der Waals surface area contributed by atoms with Crippen molar-refractivity contribution in [2.75, 3.05) is 4.90 Å². The fraction of sp³-hybridized carbons (Fsp3) is 0. The van der Waals surface area contributed by atoms with E-state index in [1.807, 2.05) is 66.7 Å². The van der Waals surface area contributed by atoms with Crippen molar-refractivity contribution in [3.05, 3.63) is 170 Å². The Morgan fingerprint density at radius 3 is 2.10 bits per heavy atom. The lowest BCUT2D eigenvalue weighted by Gasteiger charge is -2.26. The summed E-state index contributed by atoms with van der Waals surface area (Å²) in [5, 5.41) is 1.25. The van der Waals surface area contributed by atoms with Gasteiger partial charge in [-0.3, -0.25) is 0 Å². The van der Waals surface area contributed by atoms with Gasteiger partial charge < -0.3 is 13.7 Å². The molecule has 49 heavy (non-hydrogen) atoms. The number of furan rings is 1. The number of hydrogen-bond acceptors (Lipinski definition) is 4. The van der Waals surface area contributed by atoms with E-state index in [9.17, 15) is 4.11 Å². The number of aromatic nitrogens is 1. The number of para-hydroxylation sites is 2. The van der Waals surface area contributed by atoms with Crippen LogP contribution in [-0.2, 0) is 0 Å². The lowest BCUT2D eigenvalue weighted by Crippen LogP contribution is -2.09. The molecule has 0 N–H and O–H groups in total. The molecule has 0 aliphatic rings. The lowest BCUT2D eigenvalue weighted by atomic mass is 9.99. The van der Waals surface area contributed by atoms with Gasteiger partial charge in [-0.1, -0.05) is 96.9 Å². The summed E-state index contributed by atoms with van der Waals surface area (Å²) in [5.41, 5.74) is 3.47. The number of anilines is 3. The van der Waals surface area contributed by atoms with Crippen LogP contribution in [0.4, 0.5) is 17.1 Å². The summed E-state index contributed by atoms with van der Waals surface area (Å²) in [6.45, 7) is 0. The molecule has 10 aromatic rings. The van der Waals surface area contributed by atoms with Gasteiger partial charge in [0.2, 0.25) is 5.89 Å². The normalized spacial score (nSPS) is 15.1. The van der Waals surface area contributed by atoms with Crippen LogP contribution in [0.5, 0.6) is 0 Å². The summed E-state index contributed by atoms with van der Waals surface area (Å²) in [6, 6.07) is 23.7. The first kappa shape index (κ1) is 18.0. The molecule has 4 nitrogen and oxygen atoms in total. The molecule has 0 spiro atoms. The number of hydrogen-bond donors (Lipinski definition) is 0. The Hall–Kier alpha value is -6.65. The van der Waals surface area contributed by atoms with Crippen molar-refractivity contribution in [2.45, 2.75) is 0 Å². The SMILES string of the molecule is [2H]c1c([2H])c([2H])c(-c2nc3c([2H])c([2H])c4c([2H])c([2H])c5c([2H])c([2H])c(N(c6ccccc6)c6ccc(-c7ccc8oc9ccccc9c8c7)cc6)c([2H])c5c4c3o2)c([2H])c1[2H]. The maximum Gasteiger partial charge on any atom is 0.227 e. The molecule has 230 valence electrons. The third kappa shape index (κ3) is 4.57. The van der Waals surface area contributed by atoms with Crippen LogP contribution < -0.4 is 4.90 Å². The molecule has 0 amide bonds. The molecule has 2 heterocycles. The van der Waals surface area contributed by atoms with E-state index < -0.39 is 77.9 Å². The Bertz CT molecular complexity index is 3490. The third-order valence-corrected chi connectivity index (χ3v) is 8.56. The van der Waals surface area contributed by atoms with Crippen molar-refractivity contribution < 1.29 is 25.3 Å². The van der Waals surface area contributed by atoms with Crippen molar-refractivity contribution in [1.82, 2.24) is 4.98 Å². The van der Waals surface area contributed by atoms with Gasteiger partial charge in [0.25, 0.3) is 0 Å². The summed E-state index contributed by atoms with van der Waals surface area (Å²) in [5.74, 6) is -0.455. The van der Waals surface area contributed by atoms with E-state index >= 15 is 0 Å². The first-order valence-electron chi connectivity index (χ1n) is 21.5. The Morgan fingerprint density at radius 2 is 1.22 bits per heavy atom. The van der Waals surface area contributed by atoms with Gasteiger partial charge in [-0.15, -0.1) is 0 Å². The third-order valence-electron chi connectivity index (χ3n) is 8.56. The summed E-state index contributed by atoms with van der Waals surface area (Å²) in [7, 11) is 0. The van der Waals surface area contributed by atoms with Gasteiger partial charge in [0.05, 0.1) is 16.4 Å². The van der Waals surface area contributed by atoms with Gasteiger partial charge >= 0.3 is 0 Å². The van der Waals surface area contributed by atoms with Crippen LogP contribution in [0.1, 0.15) is 16.4 Å². The predicted octanol–water partition coefficient (Wildman–Crippen LogP) is 12.8. The monoisotopic (exact) mass is 640 g/mol. The van der Waals surface area contributed by atoms with E-state index in [-0.39, 0.29) is 44.4 Å². The minimum absolute atomic E-state index is 0.0545. The molecule has 0 radical (unpaired) electrons. The van der Waals surface area contributed by atoms with Crippen molar-refractivity contribution >= 4 is 71.6 Å². The van der Waals surface area contributed by atoms with Gasteiger partial charge in [0.1, 0.15) is 16.7 Å². The minimum atomic E-state index is -0.644. The van der Waals surface area contributed by atoms with Gasteiger partial charge in [-0.05, 0) is 100.0 Å². The molecule has 0 atom stereocenters. The van der Waals surface area contributed by atoms with Crippen molar-refractivity contribution in [3.63, 3.8) is 0 Å². The summed E-state index contributed by atoms with van der Waals surface area (Å²) < 4.78 is 118. The highest BCUT2D eigenvalue weighted by molar-refractivity contribution is 6.18. The Morgan fingerprint density at radius 1 is 0.510 bits per heavy atom. The van der Waals surface area contributed by atoms with Crippen LogP contribution in [0, 0.1) is 0 Å². The second kappa shape index (κ2) is 11.0. The van der Waals surface area contributed by atoms with Crippen molar-refractivity contribution in [2.24, 2.45) is 0 Å². The zero-order valence-electron chi connectivity index (χ0n) is 37.4.